The van der Waals surface area contributed by atoms with Gasteiger partial charge in [0.25, 0.3) is 0 Å². The van der Waals surface area contributed by atoms with Crippen LogP contribution in [0.2, 0.25) is 0 Å². The second-order valence-corrected chi connectivity index (χ2v) is 4.84. The van der Waals surface area contributed by atoms with Crippen LogP contribution in [0.5, 0.6) is 0 Å². The number of nitrogens with two attached hydrogens (primary N) is 1. The summed E-state index contributed by atoms with van der Waals surface area (Å²) >= 11 is 0. The predicted octanol–water partition coefficient (Wildman–Crippen LogP) is 2.54. The predicted molar refractivity (Wildman–Crippen MR) is 80.5 cm³/mol. The minimum Gasteiger partial charge on any atom is -0.399 e. The third-order valence-corrected chi connectivity index (χ3v) is 3.38. The van der Waals surface area contributed by atoms with Crippen molar-refractivity contribution in [3.05, 3.63) is 42.0 Å². The van der Waals surface area contributed by atoms with E-state index in [9.17, 15) is 4.79 Å². The largest absolute Gasteiger partial charge is 0.399 e. The minimum atomic E-state index is -0.312. The Morgan fingerprint density at radius 3 is 2.95 bits per heavy atom. The zero-order valence-corrected chi connectivity index (χ0v) is 12.1. The van der Waals surface area contributed by atoms with E-state index >= 15 is 0 Å². The Morgan fingerprint density at radius 1 is 1.50 bits per heavy atom. The summed E-state index contributed by atoms with van der Waals surface area (Å²) in [6.45, 7) is 5.82. The van der Waals surface area contributed by atoms with Gasteiger partial charge in [0.2, 0.25) is 5.91 Å². The van der Waals surface area contributed by atoms with Gasteiger partial charge in [-0.25, -0.2) is 4.98 Å². The highest BCUT2D eigenvalue weighted by atomic mass is 16.2. The second-order valence-electron chi connectivity index (χ2n) is 4.84. The molecule has 3 N–H and O–H groups in total. The molecule has 1 aromatic carbocycles. The summed E-state index contributed by atoms with van der Waals surface area (Å²) < 4.78 is 1.89. The molecule has 2 rings (SSSR count). The number of benzene rings is 1. The maximum Gasteiger partial charge on any atom is 0.247 e. The van der Waals surface area contributed by atoms with Gasteiger partial charge in [-0.2, -0.15) is 0 Å². The van der Waals surface area contributed by atoms with Gasteiger partial charge in [0.05, 0.1) is 0 Å². The fourth-order valence-electron chi connectivity index (χ4n) is 2.11. The molecule has 5 heteroatoms. The van der Waals surface area contributed by atoms with Crippen molar-refractivity contribution in [2.24, 2.45) is 0 Å². The normalized spacial score (nSPS) is 12.2. The van der Waals surface area contributed by atoms with Crippen molar-refractivity contribution >= 4 is 17.3 Å². The highest BCUT2D eigenvalue weighted by Crippen LogP contribution is 2.20. The maximum atomic E-state index is 12.3. The fraction of sp³-hybridized carbons (Fsp3) is 0.333. The van der Waals surface area contributed by atoms with E-state index < -0.39 is 0 Å². The van der Waals surface area contributed by atoms with Crippen molar-refractivity contribution in [3.63, 3.8) is 0 Å². The van der Waals surface area contributed by atoms with Gasteiger partial charge in [0.15, 0.2) is 0 Å². The minimum absolute atomic E-state index is 0.0774. The number of aryl methyl sites for hydroxylation is 2. The molecular formula is C15H20N4O. The summed E-state index contributed by atoms with van der Waals surface area (Å²) in [5, 5.41) is 2.92. The molecule has 1 atom stereocenters. The van der Waals surface area contributed by atoms with Crippen LogP contribution in [0.3, 0.4) is 0 Å². The van der Waals surface area contributed by atoms with E-state index in [0.717, 1.165) is 23.5 Å². The van der Waals surface area contributed by atoms with Crippen LogP contribution in [0.25, 0.3) is 0 Å². The highest BCUT2D eigenvalue weighted by Gasteiger charge is 2.17. The van der Waals surface area contributed by atoms with Crippen molar-refractivity contribution in [3.8, 4) is 0 Å². The number of carbonyl (C=O) groups is 1. The SMILES string of the molecule is CCc1nccn1C(C)C(=O)Nc1cc(N)ccc1C. The van der Waals surface area contributed by atoms with Gasteiger partial charge in [-0.1, -0.05) is 13.0 Å². The van der Waals surface area contributed by atoms with Gasteiger partial charge in [-0.15, -0.1) is 0 Å². The number of nitrogen functional groups attached to an aromatic ring is 1. The van der Waals surface area contributed by atoms with Gasteiger partial charge >= 0.3 is 0 Å². The summed E-state index contributed by atoms with van der Waals surface area (Å²) in [7, 11) is 0. The van der Waals surface area contributed by atoms with Crippen LogP contribution in [0.4, 0.5) is 11.4 Å². The van der Waals surface area contributed by atoms with E-state index in [-0.39, 0.29) is 11.9 Å². The molecule has 0 bridgehead atoms. The number of aromatic nitrogens is 2. The lowest BCUT2D eigenvalue weighted by Crippen LogP contribution is -2.25. The van der Waals surface area contributed by atoms with Crippen molar-refractivity contribution < 1.29 is 4.79 Å². The number of imidazole rings is 1. The molecule has 0 aliphatic heterocycles. The quantitative estimate of drug-likeness (QED) is 0.840. The molecule has 0 saturated carbocycles. The Bertz CT molecular complexity index is 618. The standard InChI is InChI=1S/C15H20N4O/c1-4-14-17-7-8-19(14)11(3)15(20)18-13-9-12(16)6-5-10(13)2/h5-9,11H,4,16H2,1-3H3,(H,18,20). The van der Waals surface area contributed by atoms with Crippen molar-refractivity contribution in [2.75, 3.05) is 11.1 Å². The van der Waals surface area contributed by atoms with Gasteiger partial charge in [0, 0.05) is 30.2 Å². The Balaban J connectivity index is 2.18. The monoisotopic (exact) mass is 272 g/mol. The average molecular weight is 272 g/mol. The molecule has 1 unspecified atom stereocenters. The van der Waals surface area contributed by atoms with Crippen molar-refractivity contribution in [1.82, 2.24) is 9.55 Å². The lowest BCUT2D eigenvalue weighted by molar-refractivity contribution is -0.118. The molecule has 2 aromatic rings. The fourth-order valence-corrected chi connectivity index (χ4v) is 2.11. The first-order chi connectivity index (χ1) is 9.52. The van der Waals surface area contributed by atoms with Crippen molar-refractivity contribution in [1.29, 1.82) is 0 Å². The molecular weight excluding hydrogens is 252 g/mol. The highest BCUT2D eigenvalue weighted by molar-refractivity contribution is 5.94. The molecule has 106 valence electrons. The molecule has 5 nitrogen and oxygen atoms in total. The lowest BCUT2D eigenvalue weighted by atomic mass is 10.1. The average Bonchev–Trinajstić information content (AvgIpc) is 2.90. The van der Waals surface area contributed by atoms with Crippen LogP contribution in [-0.4, -0.2) is 15.5 Å². The van der Waals surface area contributed by atoms with Crippen molar-refractivity contribution in [2.45, 2.75) is 33.2 Å². The van der Waals surface area contributed by atoms with Gasteiger partial charge < -0.3 is 15.6 Å². The molecule has 0 spiro atoms. The number of hydrogen-bond acceptors (Lipinski definition) is 3. The summed E-state index contributed by atoms with van der Waals surface area (Å²) in [5.41, 5.74) is 8.12. The first-order valence-corrected chi connectivity index (χ1v) is 6.71. The topological polar surface area (TPSA) is 72.9 Å². The van der Waals surface area contributed by atoms with E-state index in [1.807, 2.05) is 43.7 Å². The van der Waals surface area contributed by atoms with Crippen LogP contribution >= 0.6 is 0 Å². The van der Waals surface area contributed by atoms with Gasteiger partial charge in [0.1, 0.15) is 11.9 Å². The van der Waals surface area contributed by atoms with Gasteiger partial charge in [-0.05, 0) is 31.5 Å². The zero-order chi connectivity index (χ0) is 14.7. The van der Waals surface area contributed by atoms with Crippen LogP contribution in [0, 0.1) is 6.92 Å². The van der Waals surface area contributed by atoms with Crippen LogP contribution < -0.4 is 11.1 Å². The number of amides is 1. The van der Waals surface area contributed by atoms with Crippen LogP contribution in [0.1, 0.15) is 31.3 Å². The second kappa shape index (κ2) is 5.77. The van der Waals surface area contributed by atoms with Gasteiger partial charge in [-0.3, -0.25) is 4.79 Å². The third kappa shape index (κ3) is 2.82. The first-order valence-electron chi connectivity index (χ1n) is 6.71. The smallest absolute Gasteiger partial charge is 0.247 e. The number of nitrogens with one attached hydrogen (secondary N) is 1. The van der Waals surface area contributed by atoms with E-state index in [2.05, 4.69) is 10.3 Å². The third-order valence-electron chi connectivity index (χ3n) is 3.38. The summed E-state index contributed by atoms with van der Waals surface area (Å²) in [5.74, 6) is 0.823. The summed E-state index contributed by atoms with van der Waals surface area (Å²) in [6, 6.07) is 5.17. The molecule has 20 heavy (non-hydrogen) atoms. The molecule has 0 aliphatic carbocycles. The molecule has 1 aromatic heterocycles. The zero-order valence-electron chi connectivity index (χ0n) is 12.1. The molecule has 0 saturated heterocycles. The Morgan fingerprint density at radius 2 is 2.25 bits per heavy atom. The molecule has 1 heterocycles. The molecule has 0 fully saturated rings. The number of rotatable bonds is 4. The molecule has 0 radical (unpaired) electrons. The van der Waals surface area contributed by atoms with E-state index in [1.54, 1.807) is 12.3 Å². The molecule has 0 aliphatic rings. The number of nitrogens with zero attached hydrogens (tertiary/aromatic N) is 2. The molecule has 1 amide bonds. The Labute approximate surface area is 118 Å². The van der Waals surface area contributed by atoms with E-state index in [0.29, 0.717) is 5.69 Å². The van der Waals surface area contributed by atoms with Crippen LogP contribution in [-0.2, 0) is 11.2 Å². The lowest BCUT2D eigenvalue weighted by Gasteiger charge is -2.17. The van der Waals surface area contributed by atoms with E-state index in [1.165, 1.54) is 0 Å². The Kier molecular flexibility index (Phi) is 4.08. The van der Waals surface area contributed by atoms with Crippen LogP contribution in [0.15, 0.2) is 30.6 Å². The summed E-state index contributed by atoms with van der Waals surface area (Å²) in [4.78, 5) is 16.6. The first kappa shape index (κ1) is 14.1. The number of hydrogen-bond donors (Lipinski definition) is 2. The summed E-state index contributed by atoms with van der Waals surface area (Å²) in [6.07, 6.45) is 4.34. The number of anilines is 2. The maximum absolute atomic E-state index is 12.3. The number of carbonyl (C=O) groups excluding carboxylic acids is 1. The van der Waals surface area contributed by atoms with E-state index in [4.69, 9.17) is 5.73 Å². The Hall–Kier alpha value is -2.30.